The van der Waals surface area contributed by atoms with E-state index in [0.717, 1.165) is 5.56 Å². The molecule has 0 aliphatic carbocycles. The lowest BCUT2D eigenvalue weighted by Crippen LogP contribution is -2.24. The van der Waals surface area contributed by atoms with Crippen LogP contribution in [0.15, 0.2) is 18.2 Å². The van der Waals surface area contributed by atoms with Gasteiger partial charge in [0.15, 0.2) is 0 Å². The SMILES string of the molecule is COC(=O)c1ccc(CN2C[C@@H](C)OC2=O)c(OC)c1. The van der Waals surface area contributed by atoms with Crippen molar-refractivity contribution in [3.8, 4) is 5.75 Å². The first-order valence-electron chi connectivity index (χ1n) is 6.26. The number of methoxy groups -OCH3 is 2. The van der Waals surface area contributed by atoms with Gasteiger partial charge in [-0.3, -0.25) is 0 Å². The maximum Gasteiger partial charge on any atom is 0.410 e. The first kappa shape index (κ1) is 14.2. The van der Waals surface area contributed by atoms with Crippen LogP contribution >= 0.6 is 0 Å². The van der Waals surface area contributed by atoms with E-state index in [1.807, 2.05) is 6.92 Å². The zero-order chi connectivity index (χ0) is 14.7. The fraction of sp³-hybridized carbons (Fsp3) is 0.429. The number of hydrogen-bond acceptors (Lipinski definition) is 5. The van der Waals surface area contributed by atoms with Gasteiger partial charge in [0.25, 0.3) is 0 Å². The molecule has 0 bridgehead atoms. The van der Waals surface area contributed by atoms with Crippen LogP contribution in [0, 0.1) is 0 Å². The molecule has 0 spiro atoms. The summed E-state index contributed by atoms with van der Waals surface area (Å²) in [6.45, 7) is 2.77. The van der Waals surface area contributed by atoms with Crippen LogP contribution in [0.2, 0.25) is 0 Å². The maximum absolute atomic E-state index is 11.6. The molecule has 1 atom stereocenters. The summed E-state index contributed by atoms with van der Waals surface area (Å²) in [4.78, 5) is 24.7. The van der Waals surface area contributed by atoms with E-state index in [0.29, 0.717) is 24.4 Å². The molecule has 1 heterocycles. The molecule has 0 radical (unpaired) electrons. The third kappa shape index (κ3) is 2.84. The van der Waals surface area contributed by atoms with Gasteiger partial charge in [-0.2, -0.15) is 0 Å². The molecule has 1 aromatic rings. The first-order valence-corrected chi connectivity index (χ1v) is 6.26. The second-order valence-corrected chi connectivity index (χ2v) is 4.59. The van der Waals surface area contributed by atoms with Crippen molar-refractivity contribution in [3.63, 3.8) is 0 Å². The standard InChI is InChI=1S/C14H17NO5/c1-9-7-15(14(17)20-9)8-11-5-4-10(13(16)19-3)6-12(11)18-2/h4-6,9H,7-8H2,1-3H3/t9-/m1/s1. The number of esters is 1. The van der Waals surface area contributed by atoms with Gasteiger partial charge in [-0.15, -0.1) is 0 Å². The van der Waals surface area contributed by atoms with Gasteiger partial charge < -0.3 is 19.1 Å². The van der Waals surface area contributed by atoms with E-state index < -0.39 is 5.97 Å². The number of carbonyl (C=O) groups excluding carboxylic acids is 2. The summed E-state index contributed by atoms with van der Waals surface area (Å²) in [6, 6.07) is 5.00. The quantitative estimate of drug-likeness (QED) is 0.787. The summed E-state index contributed by atoms with van der Waals surface area (Å²) in [5.41, 5.74) is 1.22. The largest absolute Gasteiger partial charge is 0.496 e. The molecule has 1 aromatic carbocycles. The number of cyclic esters (lactones) is 1. The highest BCUT2D eigenvalue weighted by Gasteiger charge is 2.28. The molecule has 1 aliphatic rings. The van der Waals surface area contributed by atoms with Crippen LogP contribution in [0.4, 0.5) is 4.79 Å². The lowest BCUT2D eigenvalue weighted by molar-refractivity contribution is 0.0600. The van der Waals surface area contributed by atoms with Gasteiger partial charge >= 0.3 is 12.1 Å². The lowest BCUT2D eigenvalue weighted by Gasteiger charge is -2.15. The Balaban J connectivity index is 2.19. The average Bonchev–Trinajstić information content (AvgIpc) is 2.76. The van der Waals surface area contributed by atoms with Gasteiger partial charge in [0.2, 0.25) is 0 Å². The Morgan fingerprint density at radius 1 is 1.45 bits per heavy atom. The molecule has 20 heavy (non-hydrogen) atoms. The second-order valence-electron chi connectivity index (χ2n) is 4.59. The zero-order valence-corrected chi connectivity index (χ0v) is 11.7. The van der Waals surface area contributed by atoms with Crippen LogP contribution < -0.4 is 4.74 Å². The molecular formula is C14H17NO5. The molecule has 0 N–H and O–H groups in total. The smallest absolute Gasteiger partial charge is 0.410 e. The average molecular weight is 279 g/mol. The molecule has 1 fully saturated rings. The van der Waals surface area contributed by atoms with E-state index >= 15 is 0 Å². The Morgan fingerprint density at radius 2 is 2.20 bits per heavy atom. The van der Waals surface area contributed by atoms with Gasteiger partial charge in [0.05, 0.1) is 32.9 Å². The van der Waals surface area contributed by atoms with E-state index in [-0.39, 0.29) is 12.2 Å². The van der Waals surface area contributed by atoms with Crippen molar-refractivity contribution < 1.29 is 23.8 Å². The van der Waals surface area contributed by atoms with Crippen molar-refractivity contribution in [1.29, 1.82) is 0 Å². The van der Waals surface area contributed by atoms with Gasteiger partial charge in [-0.05, 0) is 19.1 Å². The highest BCUT2D eigenvalue weighted by Crippen LogP contribution is 2.24. The van der Waals surface area contributed by atoms with Crippen LogP contribution in [0.25, 0.3) is 0 Å². The molecule has 0 unspecified atom stereocenters. The van der Waals surface area contributed by atoms with E-state index in [9.17, 15) is 9.59 Å². The van der Waals surface area contributed by atoms with Gasteiger partial charge in [-0.1, -0.05) is 6.07 Å². The summed E-state index contributed by atoms with van der Waals surface area (Å²) >= 11 is 0. The highest BCUT2D eigenvalue weighted by atomic mass is 16.6. The minimum Gasteiger partial charge on any atom is -0.496 e. The summed E-state index contributed by atoms with van der Waals surface area (Å²) in [5, 5.41) is 0. The van der Waals surface area contributed by atoms with Gasteiger partial charge in [0.1, 0.15) is 11.9 Å². The molecule has 2 rings (SSSR count). The van der Waals surface area contributed by atoms with Gasteiger partial charge in [0, 0.05) is 5.56 Å². The molecule has 6 heteroatoms. The van der Waals surface area contributed by atoms with Crippen molar-refractivity contribution in [3.05, 3.63) is 29.3 Å². The Bertz CT molecular complexity index is 528. The number of ether oxygens (including phenoxy) is 3. The molecule has 6 nitrogen and oxygen atoms in total. The Kier molecular flexibility index (Phi) is 4.12. The number of benzene rings is 1. The number of hydrogen-bond donors (Lipinski definition) is 0. The predicted molar refractivity (Wildman–Crippen MR) is 70.7 cm³/mol. The maximum atomic E-state index is 11.6. The topological polar surface area (TPSA) is 65.1 Å². The number of rotatable bonds is 4. The molecule has 1 aliphatic heterocycles. The Labute approximate surface area is 117 Å². The van der Waals surface area contributed by atoms with E-state index in [1.165, 1.54) is 14.2 Å². The molecule has 0 aromatic heterocycles. The van der Waals surface area contributed by atoms with Crippen LogP contribution in [0.3, 0.4) is 0 Å². The summed E-state index contributed by atoms with van der Waals surface area (Å²) < 4.78 is 15.0. The molecule has 0 saturated carbocycles. The number of nitrogens with zero attached hydrogens (tertiary/aromatic N) is 1. The Morgan fingerprint density at radius 3 is 2.75 bits per heavy atom. The lowest BCUT2D eigenvalue weighted by atomic mass is 10.1. The molecule has 1 amide bonds. The third-order valence-corrected chi connectivity index (χ3v) is 3.11. The van der Waals surface area contributed by atoms with Gasteiger partial charge in [-0.25, -0.2) is 9.59 Å². The van der Waals surface area contributed by atoms with Crippen molar-refractivity contribution in [2.45, 2.75) is 19.6 Å². The van der Waals surface area contributed by atoms with Crippen LogP contribution in [-0.4, -0.2) is 43.8 Å². The minimum absolute atomic E-state index is 0.108. The summed E-state index contributed by atoms with van der Waals surface area (Å²) in [5.74, 6) is 0.115. The number of carbonyl (C=O) groups is 2. The van der Waals surface area contributed by atoms with Crippen molar-refractivity contribution >= 4 is 12.1 Å². The van der Waals surface area contributed by atoms with E-state index in [4.69, 9.17) is 9.47 Å². The first-order chi connectivity index (χ1) is 9.55. The fourth-order valence-corrected chi connectivity index (χ4v) is 2.12. The summed E-state index contributed by atoms with van der Waals surface area (Å²) in [6.07, 6.45) is -0.445. The normalized spacial score (nSPS) is 17.9. The second kappa shape index (κ2) is 5.81. The highest BCUT2D eigenvalue weighted by molar-refractivity contribution is 5.90. The predicted octanol–water partition coefficient (Wildman–Crippen LogP) is 1.82. The van der Waals surface area contributed by atoms with E-state index in [1.54, 1.807) is 23.1 Å². The minimum atomic E-state index is -0.427. The van der Waals surface area contributed by atoms with Crippen molar-refractivity contribution in [2.75, 3.05) is 20.8 Å². The van der Waals surface area contributed by atoms with Crippen LogP contribution in [-0.2, 0) is 16.0 Å². The molecule has 108 valence electrons. The van der Waals surface area contributed by atoms with Crippen molar-refractivity contribution in [2.24, 2.45) is 0 Å². The zero-order valence-electron chi connectivity index (χ0n) is 11.7. The van der Waals surface area contributed by atoms with E-state index in [2.05, 4.69) is 4.74 Å². The number of amides is 1. The Hall–Kier alpha value is -2.24. The van der Waals surface area contributed by atoms with Crippen molar-refractivity contribution in [1.82, 2.24) is 4.90 Å². The molecular weight excluding hydrogens is 262 g/mol. The fourth-order valence-electron chi connectivity index (χ4n) is 2.12. The monoisotopic (exact) mass is 279 g/mol. The third-order valence-electron chi connectivity index (χ3n) is 3.11. The van der Waals surface area contributed by atoms with Crippen LogP contribution in [0.1, 0.15) is 22.8 Å². The summed E-state index contributed by atoms with van der Waals surface area (Å²) in [7, 11) is 2.84. The van der Waals surface area contributed by atoms with Crippen LogP contribution in [0.5, 0.6) is 5.75 Å². The molecule has 1 saturated heterocycles.